The van der Waals surface area contributed by atoms with E-state index in [1.165, 1.54) is 0 Å². The van der Waals surface area contributed by atoms with Gasteiger partial charge in [-0.3, -0.25) is 0 Å². The number of aromatic nitrogens is 4. The van der Waals surface area contributed by atoms with E-state index in [4.69, 9.17) is 0 Å². The Labute approximate surface area is 97.4 Å². The Morgan fingerprint density at radius 3 is 2.71 bits per heavy atom. The number of rotatable bonds is 1. The standard InChI is InChI=1S/C12H10N4O/c1-8-11(9-2-4-10(17)5-3-9)6-12-14-13-7-16(12)15-8/h2-7,17H,1H3. The molecule has 5 heteroatoms. The Kier molecular flexibility index (Phi) is 2.04. The molecular formula is C12H10N4O. The van der Waals surface area contributed by atoms with E-state index in [9.17, 15) is 5.11 Å². The van der Waals surface area contributed by atoms with Crippen LogP contribution in [-0.2, 0) is 0 Å². The van der Waals surface area contributed by atoms with Crippen LogP contribution in [0.2, 0.25) is 0 Å². The van der Waals surface area contributed by atoms with Gasteiger partial charge in [0.2, 0.25) is 0 Å². The van der Waals surface area contributed by atoms with Gasteiger partial charge in [-0.15, -0.1) is 10.2 Å². The lowest BCUT2D eigenvalue weighted by molar-refractivity contribution is 0.475. The third kappa shape index (κ3) is 1.61. The molecule has 0 aliphatic heterocycles. The molecule has 1 aromatic carbocycles. The molecule has 84 valence electrons. The molecule has 2 heterocycles. The molecule has 0 aliphatic rings. The SMILES string of the molecule is Cc1nn2cnnc2cc1-c1ccc(O)cc1. The normalized spacial score (nSPS) is 10.9. The van der Waals surface area contributed by atoms with Crippen molar-refractivity contribution in [1.82, 2.24) is 19.8 Å². The van der Waals surface area contributed by atoms with Crippen molar-refractivity contribution in [1.29, 1.82) is 0 Å². The number of aryl methyl sites for hydroxylation is 1. The quantitative estimate of drug-likeness (QED) is 0.687. The molecule has 0 fully saturated rings. The van der Waals surface area contributed by atoms with Gasteiger partial charge >= 0.3 is 0 Å². The van der Waals surface area contributed by atoms with Crippen molar-refractivity contribution in [2.75, 3.05) is 0 Å². The summed E-state index contributed by atoms with van der Waals surface area (Å²) in [6, 6.07) is 8.95. The van der Waals surface area contributed by atoms with Crippen LogP contribution in [0.3, 0.4) is 0 Å². The van der Waals surface area contributed by atoms with Gasteiger partial charge in [-0.2, -0.15) is 5.10 Å². The van der Waals surface area contributed by atoms with Gasteiger partial charge in [-0.1, -0.05) is 12.1 Å². The van der Waals surface area contributed by atoms with E-state index in [-0.39, 0.29) is 5.75 Å². The van der Waals surface area contributed by atoms with Crippen molar-refractivity contribution in [2.24, 2.45) is 0 Å². The third-order valence-electron chi connectivity index (χ3n) is 2.66. The van der Waals surface area contributed by atoms with Crippen LogP contribution in [0.1, 0.15) is 5.69 Å². The molecule has 0 radical (unpaired) electrons. The second-order valence-corrected chi connectivity index (χ2v) is 3.82. The van der Waals surface area contributed by atoms with Crippen LogP contribution in [0.5, 0.6) is 5.75 Å². The first kappa shape index (κ1) is 9.77. The summed E-state index contributed by atoms with van der Waals surface area (Å²) in [5.74, 6) is 0.253. The fraction of sp³-hybridized carbons (Fsp3) is 0.0833. The molecule has 1 N–H and O–H groups in total. The Balaban J connectivity index is 2.21. The maximum atomic E-state index is 9.27. The summed E-state index contributed by atoms with van der Waals surface area (Å²) in [5, 5.41) is 21.4. The molecule has 0 unspecified atom stereocenters. The topological polar surface area (TPSA) is 63.3 Å². The molecule has 0 aliphatic carbocycles. The van der Waals surface area contributed by atoms with E-state index in [1.807, 2.05) is 25.1 Å². The van der Waals surface area contributed by atoms with E-state index in [0.29, 0.717) is 5.65 Å². The van der Waals surface area contributed by atoms with Crippen molar-refractivity contribution in [2.45, 2.75) is 6.92 Å². The Bertz CT molecular complexity index is 673. The summed E-state index contributed by atoms with van der Waals surface area (Å²) >= 11 is 0. The lowest BCUT2D eigenvalue weighted by Gasteiger charge is -2.05. The highest BCUT2D eigenvalue weighted by molar-refractivity contribution is 5.69. The van der Waals surface area contributed by atoms with Gasteiger partial charge in [0.25, 0.3) is 0 Å². The number of hydrogen-bond acceptors (Lipinski definition) is 4. The summed E-state index contributed by atoms with van der Waals surface area (Å²) in [5.41, 5.74) is 3.59. The number of aromatic hydroxyl groups is 1. The van der Waals surface area contributed by atoms with Crippen LogP contribution in [0.25, 0.3) is 16.8 Å². The Morgan fingerprint density at radius 2 is 1.94 bits per heavy atom. The van der Waals surface area contributed by atoms with Gasteiger partial charge in [0.1, 0.15) is 12.1 Å². The van der Waals surface area contributed by atoms with E-state index in [0.717, 1.165) is 16.8 Å². The van der Waals surface area contributed by atoms with Gasteiger partial charge in [-0.25, -0.2) is 4.52 Å². The third-order valence-corrected chi connectivity index (χ3v) is 2.66. The number of benzene rings is 1. The lowest BCUT2D eigenvalue weighted by atomic mass is 10.1. The zero-order valence-corrected chi connectivity index (χ0v) is 9.20. The second kappa shape index (κ2) is 3.55. The van der Waals surface area contributed by atoms with Gasteiger partial charge in [0.05, 0.1) is 5.69 Å². The van der Waals surface area contributed by atoms with Crippen molar-refractivity contribution in [3.05, 3.63) is 42.4 Å². The van der Waals surface area contributed by atoms with Crippen molar-refractivity contribution in [3.8, 4) is 16.9 Å². The monoisotopic (exact) mass is 226 g/mol. The van der Waals surface area contributed by atoms with E-state index < -0.39 is 0 Å². The summed E-state index contributed by atoms with van der Waals surface area (Å²) in [6.07, 6.45) is 1.57. The Hall–Kier alpha value is -2.43. The first-order valence-corrected chi connectivity index (χ1v) is 5.21. The summed E-state index contributed by atoms with van der Waals surface area (Å²) in [6.45, 7) is 1.93. The van der Waals surface area contributed by atoms with E-state index >= 15 is 0 Å². The number of phenols is 1. The van der Waals surface area contributed by atoms with Crippen LogP contribution in [0.4, 0.5) is 0 Å². The predicted octanol–water partition coefficient (Wildman–Crippen LogP) is 1.81. The number of fused-ring (bicyclic) bond motifs is 1. The smallest absolute Gasteiger partial charge is 0.178 e. The molecule has 2 aromatic heterocycles. The fourth-order valence-corrected chi connectivity index (χ4v) is 1.79. The first-order valence-electron chi connectivity index (χ1n) is 5.21. The van der Waals surface area contributed by atoms with Crippen LogP contribution in [0, 0.1) is 6.92 Å². The lowest BCUT2D eigenvalue weighted by Crippen LogP contribution is -1.96. The highest BCUT2D eigenvalue weighted by Crippen LogP contribution is 2.24. The minimum absolute atomic E-state index is 0.253. The van der Waals surface area contributed by atoms with Gasteiger partial charge < -0.3 is 5.11 Å². The molecule has 3 rings (SSSR count). The van der Waals surface area contributed by atoms with Gasteiger partial charge in [-0.05, 0) is 30.7 Å². The number of hydrogen-bond donors (Lipinski definition) is 1. The van der Waals surface area contributed by atoms with Gasteiger partial charge in [0, 0.05) is 5.56 Å². The molecule has 0 saturated heterocycles. The molecule has 17 heavy (non-hydrogen) atoms. The molecule has 0 saturated carbocycles. The van der Waals surface area contributed by atoms with Crippen molar-refractivity contribution < 1.29 is 5.11 Å². The van der Waals surface area contributed by atoms with Crippen LogP contribution < -0.4 is 0 Å². The average Bonchev–Trinajstić information content (AvgIpc) is 2.76. The maximum absolute atomic E-state index is 9.27. The van der Waals surface area contributed by atoms with Crippen LogP contribution >= 0.6 is 0 Å². The summed E-state index contributed by atoms with van der Waals surface area (Å²) in [4.78, 5) is 0. The molecule has 0 bridgehead atoms. The maximum Gasteiger partial charge on any atom is 0.178 e. The fourth-order valence-electron chi connectivity index (χ4n) is 1.79. The summed E-state index contributed by atoms with van der Waals surface area (Å²) in [7, 11) is 0. The minimum Gasteiger partial charge on any atom is -0.508 e. The average molecular weight is 226 g/mol. The largest absolute Gasteiger partial charge is 0.508 e. The molecule has 0 amide bonds. The molecule has 5 nitrogen and oxygen atoms in total. The van der Waals surface area contributed by atoms with Crippen molar-refractivity contribution in [3.63, 3.8) is 0 Å². The number of nitrogens with zero attached hydrogens (tertiary/aromatic N) is 4. The highest BCUT2D eigenvalue weighted by Gasteiger charge is 2.06. The highest BCUT2D eigenvalue weighted by atomic mass is 16.3. The van der Waals surface area contributed by atoms with Crippen molar-refractivity contribution >= 4 is 5.65 Å². The molecule has 3 aromatic rings. The molecular weight excluding hydrogens is 216 g/mol. The molecule has 0 spiro atoms. The second-order valence-electron chi connectivity index (χ2n) is 3.82. The first-order chi connectivity index (χ1) is 8.24. The van der Waals surface area contributed by atoms with E-state index in [1.54, 1.807) is 23.0 Å². The number of phenolic OH excluding ortho intramolecular Hbond substituents is 1. The Morgan fingerprint density at radius 1 is 1.18 bits per heavy atom. The zero-order chi connectivity index (χ0) is 11.8. The zero-order valence-electron chi connectivity index (χ0n) is 9.20. The van der Waals surface area contributed by atoms with Gasteiger partial charge in [0.15, 0.2) is 5.65 Å². The van der Waals surface area contributed by atoms with Crippen LogP contribution in [-0.4, -0.2) is 24.9 Å². The molecule has 0 atom stereocenters. The van der Waals surface area contributed by atoms with E-state index in [2.05, 4.69) is 15.3 Å². The summed E-state index contributed by atoms with van der Waals surface area (Å²) < 4.78 is 1.64. The predicted molar refractivity (Wildman–Crippen MR) is 62.6 cm³/mol. The van der Waals surface area contributed by atoms with Crippen LogP contribution in [0.15, 0.2) is 36.7 Å². The minimum atomic E-state index is 0.253.